The van der Waals surface area contributed by atoms with Gasteiger partial charge in [0.05, 0.1) is 0 Å². The lowest BCUT2D eigenvalue weighted by Crippen LogP contribution is -2.43. The van der Waals surface area contributed by atoms with Crippen molar-refractivity contribution in [2.45, 2.75) is 25.3 Å². The number of piperidine rings is 1. The van der Waals surface area contributed by atoms with Gasteiger partial charge in [0.15, 0.2) is 11.5 Å². The van der Waals surface area contributed by atoms with Gasteiger partial charge in [-0.3, -0.25) is 4.79 Å². The SMILES string of the molecule is CN(CC1CCCCN1)c1nccnc1C(N)=O. The van der Waals surface area contributed by atoms with E-state index in [0.717, 1.165) is 19.5 Å². The quantitative estimate of drug-likeness (QED) is 0.793. The Morgan fingerprint density at radius 2 is 2.28 bits per heavy atom. The van der Waals surface area contributed by atoms with Crippen molar-refractivity contribution in [3.63, 3.8) is 0 Å². The third kappa shape index (κ3) is 2.95. The molecule has 1 atom stereocenters. The summed E-state index contributed by atoms with van der Waals surface area (Å²) in [6.45, 7) is 1.86. The lowest BCUT2D eigenvalue weighted by Gasteiger charge is -2.29. The number of hydrogen-bond donors (Lipinski definition) is 2. The number of carbonyl (C=O) groups is 1. The molecule has 1 aliphatic rings. The average molecular weight is 249 g/mol. The molecule has 18 heavy (non-hydrogen) atoms. The fourth-order valence-corrected chi connectivity index (χ4v) is 2.28. The average Bonchev–Trinajstić information content (AvgIpc) is 2.40. The van der Waals surface area contributed by atoms with Gasteiger partial charge < -0.3 is 16.0 Å². The second-order valence-corrected chi connectivity index (χ2v) is 4.62. The molecule has 0 aromatic carbocycles. The predicted octanol–water partition coefficient (Wildman–Crippen LogP) is 0.154. The number of rotatable bonds is 4. The molecule has 0 saturated carbocycles. The summed E-state index contributed by atoms with van der Waals surface area (Å²) >= 11 is 0. The molecule has 1 fully saturated rings. The Balaban J connectivity index is 2.08. The molecule has 0 radical (unpaired) electrons. The molecule has 1 aliphatic heterocycles. The van der Waals surface area contributed by atoms with Gasteiger partial charge in [-0.05, 0) is 19.4 Å². The molecule has 1 aromatic heterocycles. The molecule has 98 valence electrons. The first-order chi connectivity index (χ1) is 8.68. The van der Waals surface area contributed by atoms with Crippen molar-refractivity contribution in [1.29, 1.82) is 0 Å². The van der Waals surface area contributed by atoms with Gasteiger partial charge in [-0.2, -0.15) is 0 Å². The highest BCUT2D eigenvalue weighted by molar-refractivity contribution is 5.95. The first kappa shape index (κ1) is 12.8. The van der Waals surface area contributed by atoms with Crippen LogP contribution >= 0.6 is 0 Å². The minimum absolute atomic E-state index is 0.232. The van der Waals surface area contributed by atoms with Gasteiger partial charge in [0.1, 0.15) is 0 Å². The van der Waals surface area contributed by atoms with Crippen LogP contribution in [0.15, 0.2) is 12.4 Å². The topological polar surface area (TPSA) is 84.1 Å². The van der Waals surface area contributed by atoms with Gasteiger partial charge in [0, 0.05) is 32.0 Å². The van der Waals surface area contributed by atoms with Crippen molar-refractivity contribution < 1.29 is 4.79 Å². The van der Waals surface area contributed by atoms with Gasteiger partial charge in [-0.25, -0.2) is 9.97 Å². The van der Waals surface area contributed by atoms with E-state index in [1.807, 2.05) is 11.9 Å². The Morgan fingerprint density at radius 3 is 2.94 bits per heavy atom. The number of likely N-dealkylation sites (N-methyl/N-ethyl adjacent to an activating group) is 1. The number of nitrogens with two attached hydrogens (primary N) is 1. The number of nitrogens with one attached hydrogen (secondary N) is 1. The predicted molar refractivity (Wildman–Crippen MR) is 69.5 cm³/mol. The van der Waals surface area contributed by atoms with Crippen LogP contribution in [0.1, 0.15) is 29.8 Å². The van der Waals surface area contributed by atoms with Crippen molar-refractivity contribution in [3.05, 3.63) is 18.1 Å². The zero-order valence-corrected chi connectivity index (χ0v) is 10.6. The molecule has 2 rings (SSSR count). The summed E-state index contributed by atoms with van der Waals surface area (Å²) in [6.07, 6.45) is 6.69. The van der Waals surface area contributed by atoms with E-state index in [9.17, 15) is 4.79 Å². The zero-order chi connectivity index (χ0) is 13.0. The van der Waals surface area contributed by atoms with Crippen LogP contribution in [0.3, 0.4) is 0 Å². The summed E-state index contributed by atoms with van der Waals surface area (Å²) in [5.74, 6) is 0.0129. The molecule has 2 heterocycles. The van der Waals surface area contributed by atoms with E-state index in [4.69, 9.17) is 5.73 Å². The summed E-state index contributed by atoms with van der Waals surface area (Å²) in [5.41, 5.74) is 5.53. The van der Waals surface area contributed by atoms with Crippen LogP contribution in [0.4, 0.5) is 5.82 Å². The zero-order valence-electron chi connectivity index (χ0n) is 10.6. The van der Waals surface area contributed by atoms with Crippen LogP contribution in [-0.4, -0.2) is 42.1 Å². The number of amides is 1. The van der Waals surface area contributed by atoms with Gasteiger partial charge in [0.25, 0.3) is 5.91 Å². The minimum Gasteiger partial charge on any atom is -0.364 e. The molecular formula is C12H19N5O. The highest BCUT2D eigenvalue weighted by Crippen LogP contribution is 2.15. The molecular weight excluding hydrogens is 230 g/mol. The monoisotopic (exact) mass is 249 g/mol. The van der Waals surface area contributed by atoms with Crippen LogP contribution in [0.25, 0.3) is 0 Å². The molecule has 1 amide bonds. The molecule has 0 bridgehead atoms. The van der Waals surface area contributed by atoms with Crippen molar-refractivity contribution >= 4 is 11.7 Å². The molecule has 6 nitrogen and oxygen atoms in total. The van der Waals surface area contributed by atoms with Crippen LogP contribution in [0.2, 0.25) is 0 Å². The summed E-state index contributed by atoms with van der Waals surface area (Å²) < 4.78 is 0. The fourth-order valence-electron chi connectivity index (χ4n) is 2.28. The van der Waals surface area contributed by atoms with Gasteiger partial charge in [0.2, 0.25) is 0 Å². The van der Waals surface area contributed by atoms with E-state index in [1.165, 1.54) is 19.0 Å². The van der Waals surface area contributed by atoms with E-state index < -0.39 is 5.91 Å². The third-order valence-corrected chi connectivity index (χ3v) is 3.18. The Bertz CT molecular complexity index is 417. The number of carbonyl (C=O) groups excluding carboxylic acids is 1. The molecule has 1 unspecified atom stereocenters. The number of hydrogen-bond acceptors (Lipinski definition) is 5. The van der Waals surface area contributed by atoms with Crippen LogP contribution in [0, 0.1) is 0 Å². The highest BCUT2D eigenvalue weighted by Gasteiger charge is 2.19. The standard InChI is InChI=1S/C12H19N5O/c1-17(8-9-4-2-3-5-14-9)12-10(11(13)18)15-6-7-16-12/h6-7,9,14H,2-5,8H2,1H3,(H2,13,18). The summed E-state index contributed by atoms with van der Waals surface area (Å²) in [4.78, 5) is 21.4. The largest absolute Gasteiger partial charge is 0.364 e. The van der Waals surface area contributed by atoms with Crippen molar-refractivity contribution in [2.75, 3.05) is 25.0 Å². The third-order valence-electron chi connectivity index (χ3n) is 3.18. The maximum atomic E-state index is 11.3. The minimum atomic E-state index is -0.540. The Kier molecular flexibility index (Phi) is 4.09. The number of nitrogens with zero attached hydrogens (tertiary/aromatic N) is 3. The van der Waals surface area contributed by atoms with E-state index in [-0.39, 0.29) is 5.69 Å². The molecule has 0 aliphatic carbocycles. The first-order valence-electron chi connectivity index (χ1n) is 6.24. The van der Waals surface area contributed by atoms with Crippen LogP contribution in [-0.2, 0) is 0 Å². The van der Waals surface area contributed by atoms with E-state index in [2.05, 4.69) is 15.3 Å². The fraction of sp³-hybridized carbons (Fsp3) is 0.583. The Labute approximate surface area is 107 Å². The van der Waals surface area contributed by atoms with Gasteiger partial charge in [-0.1, -0.05) is 6.42 Å². The van der Waals surface area contributed by atoms with Gasteiger partial charge in [-0.15, -0.1) is 0 Å². The van der Waals surface area contributed by atoms with Crippen LogP contribution in [0.5, 0.6) is 0 Å². The van der Waals surface area contributed by atoms with Crippen molar-refractivity contribution in [3.8, 4) is 0 Å². The maximum Gasteiger partial charge on any atom is 0.271 e. The van der Waals surface area contributed by atoms with E-state index in [0.29, 0.717) is 11.9 Å². The lowest BCUT2D eigenvalue weighted by molar-refractivity contribution is 0.0995. The lowest BCUT2D eigenvalue weighted by atomic mass is 10.0. The number of anilines is 1. The van der Waals surface area contributed by atoms with E-state index >= 15 is 0 Å². The second kappa shape index (κ2) is 5.77. The summed E-state index contributed by atoms with van der Waals surface area (Å²) in [5, 5.41) is 3.46. The van der Waals surface area contributed by atoms with E-state index in [1.54, 1.807) is 6.20 Å². The summed E-state index contributed by atoms with van der Waals surface area (Å²) in [6, 6.07) is 0.437. The normalized spacial score (nSPS) is 19.5. The highest BCUT2D eigenvalue weighted by atomic mass is 16.1. The summed E-state index contributed by atoms with van der Waals surface area (Å²) in [7, 11) is 1.91. The maximum absolute atomic E-state index is 11.3. The number of primary amides is 1. The molecule has 0 spiro atoms. The number of aromatic nitrogens is 2. The molecule has 1 aromatic rings. The van der Waals surface area contributed by atoms with Gasteiger partial charge >= 0.3 is 0 Å². The molecule has 6 heteroatoms. The smallest absolute Gasteiger partial charge is 0.271 e. The Hall–Kier alpha value is -1.69. The molecule has 3 N–H and O–H groups in total. The van der Waals surface area contributed by atoms with Crippen molar-refractivity contribution in [2.24, 2.45) is 5.73 Å². The second-order valence-electron chi connectivity index (χ2n) is 4.62. The molecule has 1 saturated heterocycles. The van der Waals surface area contributed by atoms with Crippen LogP contribution < -0.4 is 16.0 Å². The van der Waals surface area contributed by atoms with Crippen molar-refractivity contribution in [1.82, 2.24) is 15.3 Å². The first-order valence-corrected chi connectivity index (χ1v) is 6.24. The Morgan fingerprint density at radius 1 is 1.50 bits per heavy atom.